The van der Waals surface area contributed by atoms with E-state index in [1.54, 1.807) is 4.68 Å². The second kappa shape index (κ2) is 6.17. The number of nitrogens with zero attached hydrogens (tertiary/aromatic N) is 3. The van der Waals surface area contributed by atoms with Crippen molar-refractivity contribution in [1.29, 1.82) is 0 Å². The van der Waals surface area contributed by atoms with Gasteiger partial charge in [-0.15, -0.1) is 0 Å². The van der Waals surface area contributed by atoms with E-state index in [2.05, 4.69) is 16.7 Å². The number of aromatic nitrogens is 2. The molecule has 0 fully saturated rings. The lowest BCUT2D eigenvalue weighted by molar-refractivity contribution is 0.678. The fourth-order valence-corrected chi connectivity index (χ4v) is 0.844. The molecule has 0 bridgehead atoms. The molecule has 0 radical (unpaired) electrons. The summed E-state index contributed by atoms with van der Waals surface area (Å²) in [6, 6.07) is 3.83. The standard InChI is InChI=1S/C8H11N3.C2H6/c1-4-9-8-6-5-7(2)10-11(8)3;1-2/h4-6H,1H2,2-3H3;1-2H3. The van der Waals surface area contributed by atoms with E-state index in [0.717, 1.165) is 11.2 Å². The predicted molar refractivity (Wildman–Crippen MR) is 55.1 cm³/mol. The maximum Gasteiger partial charge on any atom is 0.148 e. The van der Waals surface area contributed by atoms with Gasteiger partial charge in [0.2, 0.25) is 0 Å². The molecular formula is C10H17N3. The van der Waals surface area contributed by atoms with Gasteiger partial charge in [0.25, 0.3) is 0 Å². The number of aryl methyl sites for hydroxylation is 2. The number of hydrogen-bond acceptors (Lipinski definition) is 2. The van der Waals surface area contributed by atoms with Gasteiger partial charge in [-0.05, 0) is 19.1 Å². The Morgan fingerprint density at radius 3 is 2.54 bits per heavy atom. The molecule has 0 atom stereocenters. The van der Waals surface area contributed by atoms with Gasteiger partial charge in [0.05, 0.1) is 5.69 Å². The molecule has 0 amide bonds. The third-order valence-electron chi connectivity index (χ3n) is 1.34. The van der Waals surface area contributed by atoms with Gasteiger partial charge in [-0.1, -0.05) is 20.4 Å². The molecule has 1 aromatic rings. The van der Waals surface area contributed by atoms with Crippen LogP contribution in [0.2, 0.25) is 0 Å². The Morgan fingerprint density at radius 1 is 1.46 bits per heavy atom. The van der Waals surface area contributed by atoms with Gasteiger partial charge < -0.3 is 0 Å². The molecule has 0 saturated carbocycles. The second-order valence-corrected chi connectivity index (χ2v) is 2.27. The smallest absolute Gasteiger partial charge is 0.148 e. The maximum atomic E-state index is 4.17. The number of hydrogen-bond donors (Lipinski definition) is 0. The molecular weight excluding hydrogens is 162 g/mol. The highest BCUT2D eigenvalue weighted by molar-refractivity contribution is 4.96. The first kappa shape index (κ1) is 11.6. The van der Waals surface area contributed by atoms with Crippen molar-refractivity contribution in [2.45, 2.75) is 20.8 Å². The molecule has 0 spiro atoms. The van der Waals surface area contributed by atoms with Crippen molar-refractivity contribution in [2.24, 2.45) is 12.0 Å². The average molecular weight is 179 g/mol. The minimum Gasteiger partial charge on any atom is -0.251 e. The molecule has 0 saturated heterocycles. The Labute approximate surface area is 79.5 Å². The van der Waals surface area contributed by atoms with Crippen LogP contribution in [0, 0.1) is 6.92 Å². The van der Waals surface area contributed by atoms with E-state index in [0.29, 0.717) is 0 Å². The van der Waals surface area contributed by atoms with E-state index in [-0.39, 0.29) is 0 Å². The molecule has 72 valence electrons. The molecule has 0 aliphatic heterocycles. The van der Waals surface area contributed by atoms with Crippen molar-refractivity contribution < 1.29 is 0 Å². The summed E-state index contributed by atoms with van der Waals surface area (Å²) in [6.07, 6.45) is 1.51. The summed E-state index contributed by atoms with van der Waals surface area (Å²) in [5.74, 6) is 0. The van der Waals surface area contributed by atoms with Crippen LogP contribution in [0.3, 0.4) is 0 Å². The van der Waals surface area contributed by atoms with Crippen LogP contribution in [-0.2, 0) is 7.05 Å². The van der Waals surface area contributed by atoms with Crippen LogP contribution < -0.4 is 5.49 Å². The van der Waals surface area contributed by atoms with E-state index >= 15 is 0 Å². The summed E-state index contributed by atoms with van der Waals surface area (Å²) in [6.45, 7) is 9.45. The lowest BCUT2D eigenvalue weighted by atomic mass is 10.4. The minimum atomic E-state index is 0.811. The maximum absolute atomic E-state index is 4.17. The van der Waals surface area contributed by atoms with Gasteiger partial charge in [-0.3, -0.25) is 4.68 Å². The summed E-state index contributed by atoms with van der Waals surface area (Å²) in [7, 11) is 1.86. The largest absolute Gasteiger partial charge is 0.251 e. The van der Waals surface area contributed by atoms with Crippen LogP contribution in [0.5, 0.6) is 0 Å². The Hall–Kier alpha value is -1.38. The monoisotopic (exact) mass is 179 g/mol. The van der Waals surface area contributed by atoms with Crippen molar-refractivity contribution in [1.82, 2.24) is 9.78 Å². The Bertz CT molecular complexity index is 323. The van der Waals surface area contributed by atoms with Crippen molar-refractivity contribution in [2.75, 3.05) is 0 Å². The van der Waals surface area contributed by atoms with Gasteiger partial charge >= 0.3 is 0 Å². The Morgan fingerprint density at radius 2 is 2.08 bits per heavy atom. The third kappa shape index (κ3) is 3.69. The molecule has 0 aromatic carbocycles. The minimum absolute atomic E-state index is 0.811. The van der Waals surface area contributed by atoms with Gasteiger partial charge in [0, 0.05) is 13.2 Å². The zero-order valence-corrected chi connectivity index (χ0v) is 8.78. The first-order valence-corrected chi connectivity index (χ1v) is 4.40. The molecule has 0 N–H and O–H groups in total. The lowest BCUT2D eigenvalue weighted by Gasteiger charge is -1.97. The summed E-state index contributed by atoms with van der Waals surface area (Å²) in [5.41, 5.74) is 1.79. The quantitative estimate of drug-likeness (QED) is 0.646. The number of rotatable bonds is 1. The predicted octanol–water partition coefficient (Wildman–Crippen LogP) is 1.80. The van der Waals surface area contributed by atoms with E-state index < -0.39 is 0 Å². The summed E-state index contributed by atoms with van der Waals surface area (Å²) in [4.78, 5) is 4.01. The van der Waals surface area contributed by atoms with Gasteiger partial charge in [-0.25, -0.2) is 4.99 Å². The van der Waals surface area contributed by atoms with Crippen LogP contribution in [0.1, 0.15) is 19.5 Å². The fourth-order valence-electron chi connectivity index (χ4n) is 0.844. The van der Waals surface area contributed by atoms with Gasteiger partial charge in [0.1, 0.15) is 5.49 Å². The van der Waals surface area contributed by atoms with Crippen LogP contribution >= 0.6 is 0 Å². The zero-order chi connectivity index (χ0) is 10.3. The Kier molecular flexibility index (Phi) is 5.52. The van der Waals surface area contributed by atoms with Crippen LogP contribution in [0.25, 0.3) is 0 Å². The van der Waals surface area contributed by atoms with Crippen molar-refractivity contribution in [3.05, 3.63) is 36.1 Å². The molecule has 1 heterocycles. The first-order valence-electron chi connectivity index (χ1n) is 4.40. The van der Waals surface area contributed by atoms with E-state index in [9.17, 15) is 0 Å². The van der Waals surface area contributed by atoms with Gasteiger partial charge in [-0.2, -0.15) is 5.10 Å². The molecule has 3 heteroatoms. The molecule has 1 rings (SSSR count). The fraction of sp³-hybridized carbons (Fsp3) is 0.400. The van der Waals surface area contributed by atoms with Crippen molar-refractivity contribution >= 4 is 0 Å². The van der Waals surface area contributed by atoms with Crippen LogP contribution in [0.4, 0.5) is 0 Å². The topological polar surface area (TPSA) is 30.2 Å². The molecule has 3 nitrogen and oxygen atoms in total. The molecule has 0 unspecified atom stereocenters. The molecule has 13 heavy (non-hydrogen) atoms. The average Bonchev–Trinajstić information content (AvgIpc) is 2.14. The SMILES string of the molecule is C=CN=c1ccc(C)nn1C.CC. The van der Waals surface area contributed by atoms with E-state index in [1.807, 2.05) is 40.0 Å². The van der Waals surface area contributed by atoms with E-state index in [1.165, 1.54) is 6.20 Å². The lowest BCUT2D eigenvalue weighted by Crippen LogP contribution is -2.19. The summed E-state index contributed by atoms with van der Waals surface area (Å²) >= 11 is 0. The highest BCUT2D eigenvalue weighted by Crippen LogP contribution is 1.83. The van der Waals surface area contributed by atoms with Crippen molar-refractivity contribution in [3.8, 4) is 0 Å². The highest BCUT2D eigenvalue weighted by Gasteiger charge is 1.86. The summed E-state index contributed by atoms with van der Waals surface area (Å²) in [5, 5.41) is 4.17. The molecule has 0 aliphatic carbocycles. The van der Waals surface area contributed by atoms with E-state index in [4.69, 9.17) is 0 Å². The van der Waals surface area contributed by atoms with Crippen LogP contribution in [-0.4, -0.2) is 9.78 Å². The molecule has 1 aromatic heterocycles. The van der Waals surface area contributed by atoms with Crippen LogP contribution in [0.15, 0.2) is 29.9 Å². The molecule has 0 aliphatic rings. The zero-order valence-electron chi connectivity index (χ0n) is 8.78. The third-order valence-corrected chi connectivity index (χ3v) is 1.34. The normalized spacial score (nSPS) is 10.3. The first-order chi connectivity index (χ1) is 6.24. The summed E-state index contributed by atoms with van der Waals surface area (Å²) < 4.78 is 1.72. The second-order valence-electron chi connectivity index (χ2n) is 2.27. The van der Waals surface area contributed by atoms with Gasteiger partial charge in [0.15, 0.2) is 0 Å². The Balaban J connectivity index is 0.000000671. The highest BCUT2D eigenvalue weighted by atomic mass is 15.3. The van der Waals surface area contributed by atoms with Crippen molar-refractivity contribution in [3.63, 3.8) is 0 Å².